The summed E-state index contributed by atoms with van der Waals surface area (Å²) < 4.78 is 2.02. The summed E-state index contributed by atoms with van der Waals surface area (Å²) in [6, 6.07) is 7.50. The van der Waals surface area contributed by atoms with Gasteiger partial charge in [0.05, 0.1) is 22.7 Å². The molecule has 0 saturated carbocycles. The van der Waals surface area contributed by atoms with Crippen LogP contribution < -0.4 is 5.73 Å². The van der Waals surface area contributed by atoms with Crippen LogP contribution in [0.4, 0.5) is 0 Å². The van der Waals surface area contributed by atoms with E-state index in [1.54, 1.807) is 6.07 Å². The van der Waals surface area contributed by atoms with Gasteiger partial charge in [-0.3, -0.25) is 4.79 Å². The maximum absolute atomic E-state index is 10.8. The molecule has 0 radical (unpaired) electrons. The lowest BCUT2D eigenvalue weighted by molar-refractivity contribution is -0.118. The fourth-order valence-corrected chi connectivity index (χ4v) is 2.35. The molecule has 1 aromatic carbocycles. The van der Waals surface area contributed by atoms with E-state index in [0.29, 0.717) is 37.3 Å². The summed E-state index contributed by atoms with van der Waals surface area (Å²) in [5.41, 5.74) is 7.48. The number of nitriles is 1. The van der Waals surface area contributed by atoms with E-state index in [2.05, 4.69) is 11.1 Å². The van der Waals surface area contributed by atoms with Gasteiger partial charge in [-0.05, 0) is 24.6 Å². The Kier molecular flexibility index (Phi) is 4.59. The molecule has 0 saturated heterocycles. The molecule has 5 nitrogen and oxygen atoms in total. The molecular weight excluding hydrogens is 276 g/mol. The molecule has 0 aliphatic heterocycles. The van der Waals surface area contributed by atoms with E-state index in [4.69, 9.17) is 22.6 Å². The highest BCUT2D eigenvalue weighted by molar-refractivity contribution is 6.17. The number of carbonyl (C=O) groups is 1. The van der Waals surface area contributed by atoms with Crippen LogP contribution in [0, 0.1) is 11.3 Å². The van der Waals surface area contributed by atoms with Crippen LogP contribution in [0.5, 0.6) is 0 Å². The monoisotopic (exact) mass is 290 g/mol. The Morgan fingerprint density at radius 2 is 2.30 bits per heavy atom. The number of fused-ring (bicyclic) bond motifs is 1. The second kappa shape index (κ2) is 6.40. The highest BCUT2D eigenvalue weighted by Crippen LogP contribution is 2.19. The Morgan fingerprint density at radius 1 is 1.50 bits per heavy atom. The van der Waals surface area contributed by atoms with E-state index in [9.17, 15) is 4.79 Å². The number of halogens is 1. The lowest BCUT2D eigenvalue weighted by atomic mass is 10.2. The predicted octanol–water partition coefficient (Wildman–Crippen LogP) is 1.95. The summed E-state index contributed by atoms with van der Waals surface area (Å²) >= 11 is 5.80. The first-order valence-electron chi connectivity index (χ1n) is 6.39. The smallest absolute Gasteiger partial charge is 0.217 e. The number of nitrogens with zero attached hydrogens (tertiary/aromatic N) is 3. The second-order valence-corrected chi connectivity index (χ2v) is 4.88. The summed E-state index contributed by atoms with van der Waals surface area (Å²) in [5.74, 6) is 1.03. The number of aromatic nitrogens is 2. The summed E-state index contributed by atoms with van der Waals surface area (Å²) in [5, 5.41) is 8.99. The third-order valence-corrected chi connectivity index (χ3v) is 3.27. The number of benzene rings is 1. The zero-order valence-electron chi connectivity index (χ0n) is 11.0. The van der Waals surface area contributed by atoms with Crippen LogP contribution in [0.1, 0.15) is 24.2 Å². The Labute approximate surface area is 122 Å². The minimum atomic E-state index is -0.314. The topological polar surface area (TPSA) is 84.7 Å². The fraction of sp³-hybridized carbons (Fsp3) is 0.357. The van der Waals surface area contributed by atoms with Crippen molar-refractivity contribution in [3.63, 3.8) is 0 Å². The van der Waals surface area contributed by atoms with Crippen molar-refractivity contribution in [1.29, 1.82) is 5.26 Å². The van der Waals surface area contributed by atoms with Crippen LogP contribution in [-0.4, -0.2) is 21.3 Å². The van der Waals surface area contributed by atoms with Crippen molar-refractivity contribution in [3.05, 3.63) is 29.6 Å². The molecular formula is C14H15ClN4O. The molecule has 0 atom stereocenters. The first-order valence-corrected chi connectivity index (χ1v) is 6.92. The van der Waals surface area contributed by atoms with E-state index < -0.39 is 0 Å². The van der Waals surface area contributed by atoms with Gasteiger partial charge < -0.3 is 10.3 Å². The SMILES string of the molecule is N#Cc1ccc2nc(CCCl)n(CCCC(N)=O)c2c1. The van der Waals surface area contributed by atoms with Crippen molar-refractivity contribution in [2.45, 2.75) is 25.8 Å². The molecule has 0 fully saturated rings. The minimum absolute atomic E-state index is 0.314. The van der Waals surface area contributed by atoms with E-state index in [1.807, 2.05) is 16.7 Å². The lowest BCUT2D eigenvalue weighted by Crippen LogP contribution is -2.12. The van der Waals surface area contributed by atoms with Crippen LogP contribution in [-0.2, 0) is 17.8 Å². The van der Waals surface area contributed by atoms with Gasteiger partial charge in [0.25, 0.3) is 0 Å². The van der Waals surface area contributed by atoms with Gasteiger partial charge in [-0.1, -0.05) is 0 Å². The molecule has 0 aliphatic carbocycles. The standard InChI is InChI=1S/C14H15ClN4O/c15-6-5-14-18-11-4-3-10(9-16)8-12(11)19(14)7-1-2-13(17)20/h3-4,8H,1-2,5-7H2,(H2,17,20). The van der Waals surface area contributed by atoms with Crippen LogP contribution in [0.3, 0.4) is 0 Å². The summed E-state index contributed by atoms with van der Waals surface area (Å²) in [7, 11) is 0. The van der Waals surface area contributed by atoms with Crippen molar-refractivity contribution in [1.82, 2.24) is 9.55 Å². The number of amides is 1. The maximum Gasteiger partial charge on any atom is 0.217 e. The molecule has 1 amide bonds. The summed E-state index contributed by atoms with van der Waals surface area (Å²) in [6.07, 6.45) is 1.62. The zero-order valence-corrected chi connectivity index (χ0v) is 11.7. The van der Waals surface area contributed by atoms with Crippen molar-refractivity contribution >= 4 is 28.5 Å². The molecule has 6 heteroatoms. The number of carbonyl (C=O) groups excluding carboxylic acids is 1. The quantitative estimate of drug-likeness (QED) is 0.825. The number of hydrogen-bond donors (Lipinski definition) is 1. The van der Waals surface area contributed by atoms with E-state index >= 15 is 0 Å². The highest BCUT2D eigenvalue weighted by atomic mass is 35.5. The largest absolute Gasteiger partial charge is 0.370 e. The van der Waals surface area contributed by atoms with E-state index in [-0.39, 0.29) is 5.91 Å². The Morgan fingerprint density at radius 3 is 2.95 bits per heavy atom. The van der Waals surface area contributed by atoms with Gasteiger partial charge in [-0.15, -0.1) is 11.6 Å². The maximum atomic E-state index is 10.8. The van der Waals surface area contributed by atoms with Gasteiger partial charge in [0, 0.05) is 25.3 Å². The number of alkyl halides is 1. The molecule has 104 valence electrons. The number of aryl methyl sites for hydroxylation is 2. The van der Waals surface area contributed by atoms with Gasteiger partial charge >= 0.3 is 0 Å². The van der Waals surface area contributed by atoms with Gasteiger partial charge in [-0.2, -0.15) is 5.26 Å². The van der Waals surface area contributed by atoms with Crippen molar-refractivity contribution < 1.29 is 4.79 Å². The summed E-state index contributed by atoms with van der Waals surface area (Å²) in [6.45, 7) is 0.639. The average molecular weight is 291 g/mol. The van der Waals surface area contributed by atoms with Crippen LogP contribution in [0.15, 0.2) is 18.2 Å². The minimum Gasteiger partial charge on any atom is -0.370 e. The molecule has 0 bridgehead atoms. The normalized spacial score (nSPS) is 10.6. The fourth-order valence-electron chi connectivity index (χ4n) is 2.18. The summed E-state index contributed by atoms with van der Waals surface area (Å²) in [4.78, 5) is 15.4. The molecule has 2 aromatic rings. The number of rotatable bonds is 6. The first-order chi connectivity index (χ1) is 9.65. The Balaban J connectivity index is 2.38. The number of nitrogens with two attached hydrogens (primary N) is 1. The lowest BCUT2D eigenvalue weighted by Gasteiger charge is -2.07. The Bertz CT molecular complexity index is 672. The molecule has 1 aromatic heterocycles. The molecule has 0 aliphatic rings. The number of imidazole rings is 1. The van der Waals surface area contributed by atoms with Gasteiger partial charge in [0.1, 0.15) is 5.82 Å². The van der Waals surface area contributed by atoms with Gasteiger partial charge in [0.2, 0.25) is 5.91 Å². The molecule has 2 N–H and O–H groups in total. The second-order valence-electron chi connectivity index (χ2n) is 4.50. The predicted molar refractivity (Wildman–Crippen MR) is 77.3 cm³/mol. The number of primary amides is 1. The highest BCUT2D eigenvalue weighted by Gasteiger charge is 2.11. The van der Waals surface area contributed by atoms with Gasteiger partial charge in [-0.25, -0.2) is 4.98 Å². The van der Waals surface area contributed by atoms with Crippen molar-refractivity contribution in [2.24, 2.45) is 5.73 Å². The van der Waals surface area contributed by atoms with Crippen LogP contribution in [0.25, 0.3) is 11.0 Å². The average Bonchev–Trinajstić information content (AvgIpc) is 2.76. The molecule has 0 unspecified atom stereocenters. The molecule has 2 rings (SSSR count). The number of hydrogen-bond acceptors (Lipinski definition) is 3. The molecule has 20 heavy (non-hydrogen) atoms. The third-order valence-electron chi connectivity index (χ3n) is 3.08. The Hall–Kier alpha value is -2.06. The molecule has 1 heterocycles. The molecule has 0 spiro atoms. The van der Waals surface area contributed by atoms with E-state index in [0.717, 1.165) is 16.9 Å². The first kappa shape index (κ1) is 14.4. The zero-order chi connectivity index (χ0) is 14.5. The van der Waals surface area contributed by atoms with E-state index in [1.165, 1.54) is 0 Å². The van der Waals surface area contributed by atoms with Crippen molar-refractivity contribution in [2.75, 3.05) is 5.88 Å². The van der Waals surface area contributed by atoms with Crippen LogP contribution >= 0.6 is 11.6 Å². The van der Waals surface area contributed by atoms with Crippen molar-refractivity contribution in [3.8, 4) is 6.07 Å². The van der Waals surface area contributed by atoms with Crippen LogP contribution in [0.2, 0.25) is 0 Å². The van der Waals surface area contributed by atoms with Gasteiger partial charge in [0.15, 0.2) is 0 Å². The third kappa shape index (κ3) is 3.09.